The number of aliphatic hydroxyl groups is 1. The quantitative estimate of drug-likeness (QED) is 0.846. The summed E-state index contributed by atoms with van der Waals surface area (Å²) in [4.78, 5) is 13.8. The molecule has 2 rings (SSSR count). The molecule has 1 amide bonds. The second-order valence-electron chi connectivity index (χ2n) is 5.17. The number of β-amino-alcohol motifs (C(OH)–C–C–N with tert-alkyl or cyclic N) is 1. The van der Waals surface area contributed by atoms with Crippen LogP contribution in [0.25, 0.3) is 0 Å². The Labute approximate surface area is 108 Å². The molecule has 2 N–H and O–H groups in total. The molecular formula is C14H20N2O2. The van der Waals surface area contributed by atoms with Crippen molar-refractivity contribution in [1.82, 2.24) is 4.90 Å². The summed E-state index contributed by atoms with van der Waals surface area (Å²) in [5.74, 6) is -0.0167. The highest BCUT2D eigenvalue weighted by molar-refractivity contribution is 5.93. The molecule has 1 heterocycles. The lowest BCUT2D eigenvalue weighted by Gasteiger charge is -2.35. The number of carbonyl (C=O) groups is 1. The van der Waals surface area contributed by atoms with Gasteiger partial charge in [0.25, 0.3) is 0 Å². The first-order valence-electron chi connectivity index (χ1n) is 6.24. The minimum Gasteiger partial charge on any atom is -0.390 e. The predicted octanol–water partition coefficient (Wildman–Crippen LogP) is 1.23. The molecule has 0 aliphatic carbocycles. The normalized spacial score (nSPS) is 16.4. The summed E-state index contributed by atoms with van der Waals surface area (Å²) in [6, 6.07) is 4.13. The summed E-state index contributed by atoms with van der Waals surface area (Å²) in [7, 11) is 0. The Morgan fingerprint density at radius 1 is 1.33 bits per heavy atom. The Hall–Kier alpha value is -1.39. The molecule has 1 aliphatic heterocycles. The lowest BCUT2D eigenvalue weighted by Crippen LogP contribution is -2.53. The van der Waals surface area contributed by atoms with Gasteiger partial charge in [-0.15, -0.1) is 0 Å². The van der Waals surface area contributed by atoms with E-state index in [1.165, 1.54) is 5.56 Å². The monoisotopic (exact) mass is 248 g/mol. The first kappa shape index (κ1) is 13.1. The van der Waals surface area contributed by atoms with Crippen molar-refractivity contribution in [2.24, 2.45) is 0 Å². The number of aliphatic hydroxyl groups excluding tert-OH is 1. The third-order valence-electron chi connectivity index (χ3n) is 3.25. The van der Waals surface area contributed by atoms with E-state index in [0.29, 0.717) is 19.6 Å². The van der Waals surface area contributed by atoms with E-state index in [1.807, 2.05) is 25.7 Å². The smallest absolute Gasteiger partial charge is 0.238 e. The molecule has 0 bridgehead atoms. The Morgan fingerprint density at radius 3 is 2.39 bits per heavy atom. The van der Waals surface area contributed by atoms with E-state index >= 15 is 0 Å². The lowest BCUT2D eigenvalue weighted by atomic mass is 10.1. The number of hydrogen-bond acceptors (Lipinski definition) is 3. The highest BCUT2D eigenvalue weighted by atomic mass is 16.3. The molecular weight excluding hydrogens is 228 g/mol. The van der Waals surface area contributed by atoms with E-state index in [0.717, 1.165) is 16.8 Å². The second kappa shape index (κ2) is 5.08. The van der Waals surface area contributed by atoms with Gasteiger partial charge in [0.1, 0.15) is 0 Å². The minimum absolute atomic E-state index is 0.0167. The van der Waals surface area contributed by atoms with Crippen LogP contribution in [0.4, 0.5) is 5.69 Å². The number of rotatable bonds is 3. The Bertz CT molecular complexity index is 442. The molecule has 0 radical (unpaired) electrons. The molecule has 1 aromatic carbocycles. The van der Waals surface area contributed by atoms with Gasteiger partial charge in [0.2, 0.25) is 5.91 Å². The van der Waals surface area contributed by atoms with Gasteiger partial charge in [0.05, 0.1) is 12.6 Å². The average molecular weight is 248 g/mol. The van der Waals surface area contributed by atoms with Crippen LogP contribution in [-0.2, 0) is 4.79 Å². The van der Waals surface area contributed by atoms with Gasteiger partial charge in [-0.3, -0.25) is 9.69 Å². The summed E-state index contributed by atoms with van der Waals surface area (Å²) < 4.78 is 0. The summed E-state index contributed by atoms with van der Waals surface area (Å²) in [5.41, 5.74) is 4.29. The third kappa shape index (κ3) is 2.89. The highest BCUT2D eigenvalue weighted by Crippen LogP contribution is 2.22. The Kier molecular flexibility index (Phi) is 3.68. The zero-order valence-electron chi connectivity index (χ0n) is 11.2. The van der Waals surface area contributed by atoms with Crippen LogP contribution < -0.4 is 5.32 Å². The summed E-state index contributed by atoms with van der Waals surface area (Å²) >= 11 is 0. The van der Waals surface area contributed by atoms with Crippen LogP contribution in [0.2, 0.25) is 0 Å². The van der Waals surface area contributed by atoms with Gasteiger partial charge < -0.3 is 10.4 Å². The van der Waals surface area contributed by atoms with Crippen LogP contribution in [0.5, 0.6) is 0 Å². The third-order valence-corrected chi connectivity index (χ3v) is 3.25. The average Bonchev–Trinajstić information content (AvgIpc) is 2.21. The molecule has 0 unspecified atom stereocenters. The van der Waals surface area contributed by atoms with Gasteiger partial charge in [0, 0.05) is 18.8 Å². The second-order valence-corrected chi connectivity index (χ2v) is 5.17. The SMILES string of the molecule is Cc1cc(C)c(NC(=O)CN2CC(O)C2)c(C)c1. The number of aryl methyl sites for hydroxylation is 3. The molecule has 4 nitrogen and oxygen atoms in total. The van der Waals surface area contributed by atoms with Crippen molar-refractivity contribution in [3.05, 3.63) is 28.8 Å². The van der Waals surface area contributed by atoms with Crippen LogP contribution in [0.1, 0.15) is 16.7 Å². The number of likely N-dealkylation sites (tertiary alicyclic amines) is 1. The van der Waals surface area contributed by atoms with Crippen molar-refractivity contribution < 1.29 is 9.90 Å². The van der Waals surface area contributed by atoms with E-state index < -0.39 is 0 Å². The van der Waals surface area contributed by atoms with Gasteiger partial charge in [-0.25, -0.2) is 0 Å². The molecule has 18 heavy (non-hydrogen) atoms. The van der Waals surface area contributed by atoms with Gasteiger partial charge in [-0.1, -0.05) is 17.7 Å². The fourth-order valence-electron chi connectivity index (χ4n) is 2.43. The maximum Gasteiger partial charge on any atom is 0.238 e. The van der Waals surface area contributed by atoms with Crippen molar-refractivity contribution in [2.75, 3.05) is 25.0 Å². The molecule has 1 aliphatic rings. The maximum absolute atomic E-state index is 11.9. The van der Waals surface area contributed by atoms with Crippen molar-refractivity contribution >= 4 is 11.6 Å². The highest BCUT2D eigenvalue weighted by Gasteiger charge is 2.26. The number of hydrogen-bond donors (Lipinski definition) is 2. The molecule has 0 saturated carbocycles. The van der Waals surface area contributed by atoms with Gasteiger partial charge in [0.15, 0.2) is 0 Å². The molecule has 0 atom stereocenters. The number of benzene rings is 1. The zero-order chi connectivity index (χ0) is 13.3. The van der Waals surface area contributed by atoms with Crippen molar-refractivity contribution in [3.8, 4) is 0 Å². The van der Waals surface area contributed by atoms with Crippen molar-refractivity contribution in [1.29, 1.82) is 0 Å². The number of nitrogens with zero attached hydrogens (tertiary/aromatic N) is 1. The lowest BCUT2D eigenvalue weighted by molar-refractivity contribution is -0.119. The zero-order valence-corrected chi connectivity index (χ0v) is 11.2. The first-order chi connectivity index (χ1) is 8.45. The molecule has 4 heteroatoms. The van der Waals surface area contributed by atoms with E-state index in [1.54, 1.807) is 0 Å². The van der Waals surface area contributed by atoms with Crippen molar-refractivity contribution in [3.63, 3.8) is 0 Å². The fraction of sp³-hybridized carbons (Fsp3) is 0.500. The Balaban J connectivity index is 1.98. The molecule has 1 saturated heterocycles. The van der Waals surface area contributed by atoms with Crippen LogP contribution >= 0.6 is 0 Å². The van der Waals surface area contributed by atoms with Gasteiger partial charge in [-0.2, -0.15) is 0 Å². The van der Waals surface area contributed by atoms with Crippen LogP contribution in [0.3, 0.4) is 0 Å². The van der Waals surface area contributed by atoms with Gasteiger partial charge in [-0.05, 0) is 31.9 Å². The topological polar surface area (TPSA) is 52.6 Å². The minimum atomic E-state index is -0.263. The van der Waals surface area contributed by atoms with E-state index in [-0.39, 0.29) is 12.0 Å². The standard InChI is InChI=1S/C14H20N2O2/c1-9-4-10(2)14(11(3)5-9)15-13(18)8-16-6-12(17)7-16/h4-5,12,17H,6-8H2,1-3H3,(H,15,18). The summed E-state index contributed by atoms with van der Waals surface area (Å²) in [5, 5.41) is 12.1. The number of anilines is 1. The van der Waals surface area contributed by atoms with Crippen LogP contribution in [0.15, 0.2) is 12.1 Å². The number of nitrogens with one attached hydrogen (secondary N) is 1. The Morgan fingerprint density at radius 2 is 1.89 bits per heavy atom. The largest absolute Gasteiger partial charge is 0.390 e. The molecule has 1 aromatic rings. The molecule has 0 spiro atoms. The van der Waals surface area contributed by atoms with Crippen molar-refractivity contribution in [2.45, 2.75) is 26.9 Å². The van der Waals surface area contributed by atoms with Gasteiger partial charge >= 0.3 is 0 Å². The summed E-state index contributed by atoms with van der Waals surface area (Å²) in [6.45, 7) is 7.60. The summed E-state index contributed by atoms with van der Waals surface area (Å²) in [6.07, 6.45) is -0.263. The fourth-order valence-corrected chi connectivity index (χ4v) is 2.43. The molecule has 1 fully saturated rings. The molecule has 0 aromatic heterocycles. The van der Waals surface area contributed by atoms with E-state index in [9.17, 15) is 4.79 Å². The van der Waals surface area contributed by atoms with E-state index in [2.05, 4.69) is 17.4 Å². The van der Waals surface area contributed by atoms with Crippen LogP contribution in [0, 0.1) is 20.8 Å². The van der Waals surface area contributed by atoms with E-state index in [4.69, 9.17) is 5.11 Å². The predicted molar refractivity (Wildman–Crippen MR) is 71.7 cm³/mol. The number of amides is 1. The van der Waals surface area contributed by atoms with Crippen LogP contribution in [-0.4, -0.2) is 41.7 Å². The molecule has 98 valence electrons. The maximum atomic E-state index is 11.9. The number of carbonyl (C=O) groups excluding carboxylic acids is 1. The first-order valence-corrected chi connectivity index (χ1v) is 6.24.